The molecule has 2 aliphatic carbocycles. The highest BCUT2D eigenvalue weighted by Crippen LogP contribution is 2.31. The summed E-state index contributed by atoms with van der Waals surface area (Å²) in [5.74, 6) is 0.0181. The molecule has 0 saturated heterocycles. The summed E-state index contributed by atoms with van der Waals surface area (Å²) < 4.78 is 2.39. The molecule has 0 atom stereocenters. The molecule has 0 aromatic carbocycles. The molecule has 1 heterocycles. The van der Waals surface area contributed by atoms with Crippen LogP contribution in [0, 0.1) is 0 Å². The van der Waals surface area contributed by atoms with Gasteiger partial charge in [0.15, 0.2) is 0 Å². The smallest absolute Gasteiger partial charge is 0.331 e. The van der Waals surface area contributed by atoms with E-state index in [2.05, 4.69) is 4.90 Å². The Morgan fingerprint density at radius 3 is 2.13 bits per heavy atom. The molecule has 6 heteroatoms. The number of rotatable bonds is 4. The van der Waals surface area contributed by atoms with Gasteiger partial charge in [0.2, 0.25) is 5.91 Å². The van der Waals surface area contributed by atoms with E-state index in [0.717, 1.165) is 30.3 Å². The molecule has 0 aliphatic heterocycles. The average molecular weight is 319 g/mol. The Bertz CT molecular complexity index is 663. The van der Waals surface area contributed by atoms with Crippen molar-refractivity contribution in [2.24, 2.45) is 7.05 Å². The summed E-state index contributed by atoms with van der Waals surface area (Å²) in [6.45, 7) is 0.0277. The van der Waals surface area contributed by atoms with Crippen molar-refractivity contribution in [2.75, 3.05) is 0 Å². The Kier molecular flexibility index (Phi) is 4.68. The summed E-state index contributed by atoms with van der Waals surface area (Å²) in [6, 6.07) is 1.99. The molecule has 0 bridgehead atoms. The van der Waals surface area contributed by atoms with Crippen molar-refractivity contribution < 1.29 is 4.79 Å². The molecule has 0 spiro atoms. The molecule has 6 nitrogen and oxygen atoms in total. The normalized spacial score (nSPS) is 19.3. The Morgan fingerprint density at radius 1 is 1.09 bits per heavy atom. The van der Waals surface area contributed by atoms with Gasteiger partial charge in [-0.3, -0.25) is 18.7 Å². The van der Waals surface area contributed by atoms with Gasteiger partial charge < -0.3 is 4.90 Å². The van der Waals surface area contributed by atoms with Crippen LogP contribution in [0.25, 0.3) is 0 Å². The van der Waals surface area contributed by atoms with Crippen LogP contribution in [0.4, 0.5) is 0 Å². The van der Waals surface area contributed by atoms with Crippen LogP contribution in [0.2, 0.25) is 0 Å². The number of nitrogens with zero attached hydrogens (tertiary/aromatic N) is 3. The lowest BCUT2D eigenvalue weighted by Crippen LogP contribution is -2.48. The van der Waals surface area contributed by atoms with Gasteiger partial charge in [-0.15, -0.1) is 0 Å². The van der Waals surface area contributed by atoms with Crippen LogP contribution in [0.5, 0.6) is 0 Å². The lowest BCUT2D eigenvalue weighted by atomic mass is 10.1. The number of carbonyl (C=O) groups excluding carboxylic acids is 1. The fourth-order valence-corrected chi connectivity index (χ4v) is 4.03. The van der Waals surface area contributed by atoms with Crippen LogP contribution >= 0.6 is 0 Å². The number of aromatic nitrogens is 2. The van der Waals surface area contributed by atoms with Crippen molar-refractivity contribution in [1.29, 1.82) is 0 Å². The second kappa shape index (κ2) is 6.72. The molecule has 23 heavy (non-hydrogen) atoms. The predicted molar refractivity (Wildman–Crippen MR) is 87.3 cm³/mol. The third kappa shape index (κ3) is 3.26. The van der Waals surface area contributed by atoms with E-state index in [0.29, 0.717) is 12.1 Å². The predicted octanol–water partition coefficient (Wildman–Crippen LogP) is 1.26. The van der Waals surface area contributed by atoms with Gasteiger partial charge in [0.1, 0.15) is 6.54 Å². The molecule has 3 rings (SSSR count). The van der Waals surface area contributed by atoms with Crippen LogP contribution < -0.4 is 11.2 Å². The first-order valence-corrected chi connectivity index (χ1v) is 8.65. The lowest BCUT2D eigenvalue weighted by molar-refractivity contribution is -0.136. The summed E-state index contributed by atoms with van der Waals surface area (Å²) in [4.78, 5) is 38.6. The van der Waals surface area contributed by atoms with E-state index in [4.69, 9.17) is 0 Å². The second-order valence-electron chi connectivity index (χ2n) is 6.80. The van der Waals surface area contributed by atoms with Gasteiger partial charge >= 0.3 is 5.69 Å². The van der Waals surface area contributed by atoms with Gasteiger partial charge in [0, 0.05) is 31.4 Å². The van der Waals surface area contributed by atoms with E-state index in [-0.39, 0.29) is 18.0 Å². The van der Waals surface area contributed by atoms with Crippen molar-refractivity contribution in [1.82, 2.24) is 14.0 Å². The first-order valence-electron chi connectivity index (χ1n) is 8.65. The number of hydrogen-bond donors (Lipinski definition) is 0. The van der Waals surface area contributed by atoms with E-state index in [1.165, 1.54) is 49.6 Å². The van der Waals surface area contributed by atoms with Crippen LogP contribution in [0.3, 0.4) is 0 Å². The molecule has 2 fully saturated rings. The topological polar surface area (TPSA) is 64.3 Å². The summed E-state index contributed by atoms with van der Waals surface area (Å²) in [6.07, 6.45) is 10.5. The first-order chi connectivity index (χ1) is 11.1. The van der Waals surface area contributed by atoms with Gasteiger partial charge in [-0.1, -0.05) is 25.7 Å². The van der Waals surface area contributed by atoms with Crippen molar-refractivity contribution in [3.8, 4) is 0 Å². The first kappa shape index (κ1) is 16.0. The Morgan fingerprint density at radius 2 is 1.61 bits per heavy atom. The second-order valence-corrected chi connectivity index (χ2v) is 6.80. The molecule has 2 saturated carbocycles. The Labute approximate surface area is 135 Å². The minimum absolute atomic E-state index is 0.0181. The molecule has 0 N–H and O–H groups in total. The molecule has 1 aromatic rings. The van der Waals surface area contributed by atoms with Crippen LogP contribution in [0.15, 0.2) is 21.9 Å². The number of carbonyl (C=O) groups is 1. The summed E-state index contributed by atoms with van der Waals surface area (Å²) in [5.41, 5.74) is -0.772. The van der Waals surface area contributed by atoms with Gasteiger partial charge in [-0.05, 0) is 25.7 Å². The lowest BCUT2D eigenvalue weighted by Gasteiger charge is -2.35. The summed E-state index contributed by atoms with van der Waals surface area (Å²) >= 11 is 0. The zero-order valence-electron chi connectivity index (χ0n) is 13.7. The molecule has 0 unspecified atom stereocenters. The molecule has 0 radical (unpaired) electrons. The third-order valence-electron chi connectivity index (χ3n) is 5.29. The van der Waals surface area contributed by atoms with Gasteiger partial charge in [-0.25, -0.2) is 4.79 Å². The van der Waals surface area contributed by atoms with Crippen molar-refractivity contribution >= 4 is 5.91 Å². The minimum Gasteiger partial charge on any atom is -0.335 e. The van der Waals surface area contributed by atoms with Crippen LogP contribution in [-0.2, 0) is 18.4 Å². The SMILES string of the molecule is Cn1c(=O)ccn(CC(=O)N(C2CCCC2)C2CCCC2)c1=O. The van der Waals surface area contributed by atoms with E-state index in [9.17, 15) is 14.4 Å². The minimum atomic E-state index is -0.427. The Balaban J connectivity index is 1.82. The summed E-state index contributed by atoms with van der Waals surface area (Å²) in [7, 11) is 1.44. The van der Waals surface area contributed by atoms with E-state index < -0.39 is 5.69 Å². The van der Waals surface area contributed by atoms with E-state index in [1.54, 1.807) is 0 Å². The number of hydrogen-bond acceptors (Lipinski definition) is 3. The highest BCUT2D eigenvalue weighted by Gasteiger charge is 2.34. The van der Waals surface area contributed by atoms with Crippen molar-refractivity contribution in [3.63, 3.8) is 0 Å². The van der Waals surface area contributed by atoms with Gasteiger partial charge in [0.25, 0.3) is 5.56 Å². The zero-order chi connectivity index (χ0) is 16.4. The van der Waals surface area contributed by atoms with Gasteiger partial charge in [0.05, 0.1) is 0 Å². The van der Waals surface area contributed by atoms with Gasteiger partial charge in [-0.2, -0.15) is 0 Å². The highest BCUT2D eigenvalue weighted by atomic mass is 16.2. The van der Waals surface area contributed by atoms with Crippen molar-refractivity contribution in [3.05, 3.63) is 33.1 Å². The summed E-state index contributed by atoms with van der Waals surface area (Å²) in [5, 5.41) is 0. The zero-order valence-corrected chi connectivity index (χ0v) is 13.7. The maximum absolute atomic E-state index is 12.9. The monoisotopic (exact) mass is 319 g/mol. The largest absolute Gasteiger partial charge is 0.335 e. The van der Waals surface area contributed by atoms with Crippen LogP contribution in [0.1, 0.15) is 51.4 Å². The van der Waals surface area contributed by atoms with E-state index in [1.807, 2.05) is 0 Å². The van der Waals surface area contributed by atoms with Crippen molar-refractivity contribution in [2.45, 2.75) is 70.0 Å². The van der Waals surface area contributed by atoms with Crippen LogP contribution in [-0.4, -0.2) is 32.0 Å². The third-order valence-corrected chi connectivity index (χ3v) is 5.29. The molecule has 1 amide bonds. The van der Waals surface area contributed by atoms with E-state index >= 15 is 0 Å². The highest BCUT2D eigenvalue weighted by molar-refractivity contribution is 5.76. The maximum Gasteiger partial charge on any atom is 0.331 e. The Hall–Kier alpha value is -1.85. The molecule has 1 aromatic heterocycles. The average Bonchev–Trinajstić information content (AvgIpc) is 3.22. The maximum atomic E-state index is 12.9. The molecule has 126 valence electrons. The molecule has 2 aliphatic rings. The fourth-order valence-electron chi connectivity index (χ4n) is 4.03. The molecular formula is C17H25N3O3. The fraction of sp³-hybridized carbons (Fsp3) is 0.706. The quantitative estimate of drug-likeness (QED) is 0.839. The molecular weight excluding hydrogens is 294 g/mol. The number of amides is 1. The standard InChI is InChI=1S/C17H25N3O3/c1-18-15(21)10-11-19(17(18)23)12-16(22)20(13-6-2-3-7-13)14-8-4-5-9-14/h10-11,13-14H,2-9,12H2,1H3.